The Morgan fingerprint density at radius 3 is 1.32 bits per heavy atom. The van der Waals surface area contributed by atoms with Crippen molar-refractivity contribution in [3.8, 4) is 22.3 Å². The molecule has 8 aromatic rings. The van der Waals surface area contributed by atoms with Crippen LogP contribution in [0, 0.1) is 27.7 Å². The van der Waals surface area contributed by atoms with Crippen LogP contribution in [0.25, 0.3) is 67.1 Å². The molecule has 0 N–H and O–H groups in total. The first-order valence-corrected chi connectivity index (χ1v) is 30.7. The van der Waals surface area contributed by atoms with Gasteiger partial charge in [0.05, 0.1) is 0 Å². The Morgan fingerprint density at radius 2 is 0.933 bits per heavy atom. The Kier molecular flexibility index (Phi) is 10.1. The monoisotopic (exact) mass is 874 g/mol. The number of hydrogen-bond acceptors (Lipinski definition) is 2. The summed E-state index contributed by atoms with van der Waals surface area (Å²) < 4.78 is 14.2. The molecule has 296 valence electrons. The number of fused-ring (bicyclic) bond motifs is 4. The summed E-state index contributed by atoms with van der Waals surface area (Å²) in [5.41, 5.74) is 18.4. The Labute approximate surface area is 362 Å². The summed E-state index contributed by atoms with van der Waals surface area (Å²) in [4.78, 5) is 0. The van der Waals surface area contributed by atoms with Crippen LogP contribution in [-0.2, 0) is 33.2 Å². The van der Waals surface area contributed by atoms with Crippen LogP contribution >= 0.6 is 0 Å². The van der Waals surface area contributed by atoms with Crippen molar-refractivity contribution < 1.29 is 29.2 Å². The van der Waals surface area contributed by atoms with Gasteiger partial charge in [-0.2, -0.15) is 0 Å². The zero-order chi connectivity index (χ0) is 41.4. The molecule has 60 heavy (non-hydrogen) atoms. The molecular formula is C56H52O2SiZr. The second-order valence-corrected chi connectivity index (χ2v) is 35.1. The van der Waals surface area contributed by atoms with Crippen molar-refractivity contribution in [3.05, 3.63) is 189 Å². The summed E-state index contributed by atoms with van der Waals surface area (Å²) in [6.07, 6.45) is 7.08. The fourth-order valence-corrected chi connectivity index (χ4v) is 30.2. The standard InChI is InChI=1S/2C27H23O.C2H6Si.Zr/c2*1-4-19-12-13-21-15-22(26-14-17(2)18(3)28-26)16-25(21)27(19)24-11-7-9-20-8-5-6-10-23(20)24;1-3-2;/h2*5-16H,4H2,1-3H3;1-2H3;. The molecule has 2 aliphatic carbocycles. The maximum absolute atomic E-state index is 6.81. The fourth-order valence-electron chi connectivity index (χ4n) is 10.4. The van der Waals surface area contributed by atoms with E-state index in [2.05, 4.69) is 188 Å². The van der Waals surface area contributed by atoms with E-state index in [1.165, 1.54) is 99.5 Å². The van der Waals surface area contributed by atoms with E-state index < -0.39 is 25.8 Å². The van der Waals surface area contributed by atoms with E-state index in [4.69, 9.17) is 8.83 Å². The van der Waals surface area contributed by atoms with Gasteiger partial charge in [-0.25, -0.2) is 0 Å². The molecule has 0 aliphatic heterocycles. The van der Waals surface area contributed by atoms with E-state index in [9.17, 15) is 0 Å². The van der Waals surface area contributed by atoms with Crippen LogP contribution in [0.3, 0.4) is 0 Å². The predicted octanol–water partition coefficient (Wildman–Crippen LogP) is 15.6. The fraction of sp³-hybridized carbons (Fsp3) is 0.214. The Morgan fingerprint density at radius 1 is 0.517 bits per heavy atom. The Bertz CT molecular complexity index is 2890. The second-order valence-electron chi connectivity index (χ2n) is 17.2. The van der Waals surface area contributed by atoms with Crippen LogP contribution in [-0.4, -0.2) is 5.43 Å². The summed E-state index contributed by atoms with van der Waals surface area (Å²) in [6.45, 7) is 18.5. The van der Waals surface area contributed by atoms with Gasteiger partial charge in [-0.1, -0.05) is 0 Å². The summed E-state index contributed by atoms with van der Waals surface area (Å²) >= 11 is -2.78. The van der Waals surface area contributed by atoms with Crippen molar-refractivity contribution >= 4 is 50.3 Å². The first-order valence-electron chi connectivity index (χ1n) is 21.7. The van der Waals surface area contributed by atoms with Gasteiger partial charge >= 0.3 is 365 Å². The molecule has 0 saturated carbocycles. The van der Waals surface area contributed by atoms with E-state index in [1.54, 1.807) is 0 Å². The maximum atomic E-state index is 6.81. The van der Waals surface area contributed by atoms with Crippen LogP contribution in [0.4, 0.5) is 0 Å². The average molecular weight is 876 g/mol. The molecule has 6 aromatic carbocycles. The molecule has 0 spiro atoms. The average Bonchev–Trinajstić information content (AvgIpc) is 4.02. The Hall–Kier alpha value is -5.02. The van der Waals surface area contributed by atoms with E-state index in [0.29, 0.717) is 7.25 Å². The minimum absolute atomic E-state index is 0.305. The van der Waals surface area contributed by atoms with Gasteiger partial charge in [0.2, 0.25) is 0 Å². The molecule has 0 amide bonds. The first kappa shape index (κ1) is 39.1. The van der Waals surface area contributed by atoms with Gasteiger partial charge in [-0.15, -0.1) is 0 Å². The normalized spacial score (nSPS) is 15.7. The summed E-state index contributed by atoms with van der Waals surface area (Å²) in [6, 6.07) is 46.1. The third kappa shape index (κ3) is 6.28. The molecule has 2 aliphatic rings. The molecule has 2 unspecified atom stereocenters. The van der Waals surface area contributed by atoms with Crippen molar-refractivity contribution in [2.75, 3.05) is 0 Å². The van der Waals surface area contributed by atoms with Crippen LogP contribution in [0.5, 0.6) is 0 Å². The van der Waals surface area contributed by atoms with Crippen molar-refractivity contribution in [2.45, 2.75) is 74.7 Å². The van der Waals surface area contributed by atoms with Gasteiger partial charge in [-0.3, -0.25) is 0 Å². The van der Waals surface area contributed by atoms with Gasteiger partial charge in [0.25, 0.3) is 0 Å². The molecule has 10 rings (SSSR count). The predicted molar refractivity (Wildman–Crippen MR) is 253 cm³/mol. The number of aryl methyl sites for hydroxylation is 6. The third-order valence-corrected chi connectivity index (χ3v) is 32.8. The quantitative estimate of drug-likeness (QED) is 0.142. The molecule has 0 fully saturated rings. The zero-order valence-electron chi connectivity index (χ0n) is 36.1. The number of rotatable bonds is 8. The van der Waals surface area contributed by atoms with Gasteiger partial charge in [0, 0.05) is 0 Å². The van der Waals surface area contributed by atoms with Crippen LogP contribution < -0.4 is 0 Å². The second kappa shape index (κ2) is 15.5. The van der Waals surface area contributed by atoms with Crippen LogP contribution in [0.2, 0.25) is 13.1 Å². The molecule has 4 heteroatoms. The van der Waals surface area contributed by atoms with E-state index in [-0.39, 0.29) is 0 Å². The van der Waals surface area contributed by atoms with E-state index >= 15 is 0 Å². The molecule has 2 aromatic heterocycles. The third-order valence-electron chi connectivity index (χ3n) is 13.6. The first-order chi connectivity index (χ1) is 29.2. The van der Waals surface area contributed by atoms with Gasteiger partial charge in [0.1, 0.15) is 0 Å². The molecule has 0 radical (unpaired) electrons. The molecule has 0 bridgehead atoms. The number of benzene rings is 6. The molecular weight excluding hydrogens is 824 g/mol. The van der Waals surface area contributed by atoms with Crippen molar-refractivity contribution in [1.29, 1.82) is 0 Å². The summed E-state index contributed by atoms with van der Waals surface area (Å²) in [5, 5.41) is 5.19. The molecule has 2 atom stereocenters. The van der Waals surface area contributed by atoms with E-state index in [1.807, 2.05) is 0 Å². The summed E-state index contributed by atoms with van der Waals surface area (Å²) in [7, 11) is 0. The SMILES string of the molecule is CCc1ccc2c(c1-c1cccc3ccccc13)C=C(c1cc(C)c(C)o1)[CH]2[Zr]([CH]1C(c2cc(C)c(C)o2)=Cc2c1ccc(CC)c2-c1cccc2ccccc12)=[Si](C)C. The van der Waals surface area contributed by atoms with Gasteiger partial charge < -0.3 is 0 Å². The van der Waals surface area contributed by atoms with Crippen molar-refractivity contribution in [3.63, 3.8) is 0 Å². The van der Waals surface area contributed by atoms with Gasteiger partial charge in [-0.05, 0) is 0 Å². The van der Waals surface area contributed by atoms with Crippen molar-refractivity contribution in [1.82, 2.24) is 0 Å². The Balaban J connectivity index is 1.27. The number of allylic oxidation sites excluding steroid dienone is 2. The molecule has 2 nitrogen and oxygen atoms in total. The number of hydrogen-bond donors (Lipinski definition) is 0. The summed E-state index contributed by atoms with van der Waals surface area (Å²) in [5.74, 6) is 4.10. The van der Waals surface area contributed by atoms with Crippen LogP contribution in [0.15, 0.2) is 130 Å². The number of furan rings is 2. The van der Waals surface area contributed by atoms with E-state index in [0.717, 1.165) is 35.9 Å². The van der Waals surface area contributed by atoms with Gasteiger partial charge in [0.15, 0.2) is 0 Å². The van der Waals surface area contributed by atoms with Crippen molar-refractivity contribution in [2.24, 2.45) is 0 Å². The van der Waals surface area contributed by atoms with Crippen LogP contribution in [0.1, 0.15) is 88.6 Å². The molecule has 0 saturated heterocycles. The topological polar surface area (TPSA) is 26.3 Å². The minimum atomic E-state index is -2.78. The molecule has 2 heterocycles. The zero-order valence-corrected chi connectivity index (χ0v) is 39.5.